The highest BCUT2D eigenvalue weighted by Crippen LogP contribution is 2.26. The lowest BCUT2D eigenvalue weighted by Crippen LogP contribution is -2.24. The summed E-state index contributed by atoms with van der Waals surface area (Å²) in [6, 6.07) is 7.96. The third kappa shape index (κ3) is 3.53. The molecule has 0 saturated heterocycles. The second kappa shape index (κ2) is 7.19. The van der Waals surface area contributed by atoms with E-state index in [4.69, 9.17) is 4.74 Å². The number of anilines is 2. The molecule has 0 aliphatic carbocycles. The van der Waals surface area contributed by atoms with Gasteiger partial charge < -0.3 is 9.64 Å². The Hall–Kier alpha value is -3.22. The van der Waals surface area contributed by atoms with Crippen LogP contribution in [0.25, 0.3) is 6.08 Å². The molecule has 7 nitrogen and oxygen atoms in total. The van der Waals surface area contributed by atoms with Crippen LogP contribution in [-0.2, 0) is 4.79 Å². The Morgan fingerprint density at radius 3 is 2.33 bits per heavy atom. The van der Waals surface area contributed by atoms with Gasteiger partial charge in [0.25, 0.3) is 11.9 Å². The van der Waals surface area contributed by atoms with Crippen LogP contribution in [0.15, 0.2) is 34.9 Å². The number of benzene rings is 1. The van der Waals surface area contributed by atoms with E-state index >= 15 is 0 Å². The molecule has 0 spiro atoms. The Balaban J connectivity index is 1.93. The Labute approximate surface area is 159 Å². The number of hydrogen-bond donors (Lipinski definition) is 0. The quantitative estimate of drug-likeness (QED) is 0.779. The van der Waals surface area contributed by atoms with Crippen LogP contribution in [0.3, 0.4) is 0 Å². The molecule has 0 unspecified atom stereocenters. The predicted molar refractivity (Wildman–Crippen MR) is 107 cm³/mol. The molecule has 1 aliphatic rings. The molecule has 1 aromatic carbocycles. The maximum Gasteiger partial charge on any atom is 0.283 e. The van der Waals surface area contributed by atoms with Gasteiger partial charge in [-0.1, -0.05) is 12.1 Å². The van der Waals surface area contributed by atoms with E-state index in [-0.39, 0.29) is 11.9 Å². The summed E-state index contributed by atoms with van der Waals surface area (Å²) in [5.41, 5.74) is 4.75. The molecule has 0 bridgehead atoms. The molecule has 0 saturated carbocycles. The summed E-state index contributed by atoms with van der Waals surface area (Å²) in [7, 11) is 5.52. The zero-order valence-electron chi connectivity index (χ0n) is 16.4. The zero-order valence-corrected chi connectivity index (χ0v) is 16.4. The number of rotatable bonds is 4. The number of aryl methyl sites for hydroxylation is 1. The predicted octanol–water partition coefficient (Wildman–Crippen LogP) is 2.97. The second-order valence-electron chi connectivity index (χ2n) is 6.59. The van der Waals surface area contributed by atoms with Crippen molar-refractivity contribution in [3.05, 3.63) is 46.7 Å². The molecule has 2 heterocycles. The normalized spacial score (nSPS) is 15.3. The Kier molecular flexibility index (Phi) is 4.94. The van der Waals surface area contributed by atoms with Crippen molar-refractivity contribution in [3.8, 4) is 5.88 Å². The highest BCUT2D eigenvalue weighted by atomic mass is 16.5. The van der Waals surface area contributed by atoms with Crippen LogP contribution in [0.5, 0.6) is 5.88 Å². The number of hydrogen-bond acceptors (Lipinski definition) is 6. The van der Waals surface area contributed by atoms with Crippen molar-refractivity contribution in [1.82, 2.24) is 9.97 Å². The van der Waals surface area contributed by atoms with E-state index in [0.29, 0.717) is 17.2 Å². The number of carbonyl (C=O) groups excluding carboxylic acids is 1. The lowest BCUT2D eigenvalue weighted by molar-refractivity contribution is -0.114. The summed E-state index contributed by atoms with van der Waals surface area (Å²) in [5, 5.41) is 5.58. The Morgan fingerprint density at radius 1 is 1.07 bits per heavy atom. The van der Waals surface area contributed by atoms with E-state index in [1.165, 1.54) is 5.01 Å². The first-order valence-corrected chi connectivity index (χ1v) is 8.60. The van der Waals surface area contributed by atoms with Crippen LogP contribution in [0.2, 0.25) is 0 Å². The summed E-state index contributed by atoms with van der Waals surface area (Å²) in [6.07, 6.45) is 1.83. The maximum absolute atomic E-state index is 12.9. The van der Waals surface area contributed by atoms with Crippen molar-refractivity contribution in [2.45, 2.75) is 20.8 Å². The molecule has 0 atom stereocenters. The van der Waals surface area contributed by atoms with Crippen LogP contribution in [0, 0.1) is 13.8 Å². The van der Waals surface area contributed by atoms with Gasteiger partial charge in [-0.25, -0.2) is 4.98 Å². The van der Waals surface area contributed by atoms with Crippen LogP contribution in [0.1, 0.15) is 23.7 Å². The topological polar surface area (TPSA) is 70.9 Å². The van der Waals surface area contributed by atoms with Gasteiger partial charge >= 0.3 is 0 Å². The fourth-order valence-corrected chi connectivity index (χ4v) is 2.74. The molecular weight excluding hydrogens is 342 g/mol. The minimum absolute atomic E-state index is 0.214. The summed E-state index contributed by atoms with van der Waals surface area (Å²) >= 11 is 0. The second-order valence-corrected chi connectivity index (χ2v) is 6.59. The Bertz CT molecular complexity index is 946. The van der Waals surface area contributed by atoms with Crippen molar-refractivity contribution in [2.75, 3.05) is 31.1 Å². The molecule has 0 fully saturated rings. The molecule has 7 heteroatoms. The number of ether oxygens (including phenoxy) is 1. The third-order valence-corrected chi connectivity index (χ3v) is 4.50. The van der Waals surface area contributed by atoms with Crippen LogP contribution in [0.4, 0.5) is 11.6 Å². The molecule has 140 valence electrons. The van der Waals surface area contributed by atoms with Crippen molar-refractivity contribution in [2.24, 2.45) is 5.10 Å². The van der Waals surface area contributed by atoms with Gasteiger partial charge in [0.1, 0.15) is 0 Å². The molecule has 1 aromatic heterocycles. The molecule has 3 rings (SSSR count). The Morgan fingerprint density at radius 2 is 1.74 bits per heavy atom. The van der Waals surface area contributed by atoms with E-state index in [9.17, 15) is 4.79 Å². The fourth-order valence-electron chi connectivity index (χ4n) is 2.74. The van der Waals surface area contributed by atoms with Gasteiger partial charge in [0.15, 0.2) is 0 Å². The molecule has 1 amide bonds. The summed E-state index contributed by atoms with van der Waals surface area (Å²) in [5.74, 6) is 0.398. The zero-order chi connectivity index (χ0) is 19.7. The van der Waals surface area contributed by atoms with Gasteiger partial charge in [0.05, 0.1) is 18.4 Å². The van der Waals surface area contributed by atoms with Crippen molar-refractivity contribution in [1.29, 1.82) is 0 Å². The minimum atomic E-state index is -0.255. The minimum Gasteiger partial charge on any atom is -0.481 e. The van der Waals surface area contributed by atoms with Gasteiger partial charge in [-0.2, -0.15) is 15.1 Å². The summed E-state index contributed by atoms with van der Waals surface area (Å²) in [6.45, 7) is 5.53. The summed E-state index contributed by atoms with van der Waals surface area (Å²) < 4.78 is 5.28. The van der Waals surface area contributed by atoms with E-state index in [1.54, 1.807) is 14.0 Å². The van der Waals surface area contributed by atoms with Crippen molar-refractivity contribution in [3.63, 3.8) is 0 Å². The lowest BCUT2D eigenvalue weighted by atomic mass is 10.1. The first kappa shape index (κ1) is 18.6. The van der Waals surface area contributed by atoms with E-state index in [0.717, 1.165) is 22.5 Å². The molecule has 27 heavy (non-hydrogen) atoms. The molecule has 0 radical (unpaired) electrons. The third-order valence-electron chi connectivity index (χ3n) is 4.50. The van der Waals surface area contributed by atoms with Gasteiger partial charge in [0, 0.05) is 31.0 Å². The fraction of sp³-hybridized carbons (Fsp3) is 0.300. The average Bonchev–Trinajstić information content (AvgIpc) is 2.92. The van der Waals surface area contributed by atoms with E-state index in [1.807, 2.05) is 63.2 Å². The molecule has 0 N–H and O–H groups in total. The molecular formula is C20H23N5O2. The SMILES string of the molecule is COc1nc(N2N=C(C)C(=Cc3ccc(N(C)C)cc3)C2=O)nc(C)c1C. The number of hydrazone groups is 1. The summed E-state index contributed by atoms with van der Waals surface area (Å²) in [4.78, 5) is 23.6. The standard InChI is InChI=1S/C20H23N5O2/c1-12-13(2)21-20(22-18(12)27-6)25-19(26)17(14(3)23-25)11-15-7-9-16(10-8-15)24(4)5/h7-11H,1-6H3. The van der Waals surface area contributed by atoms with Gasteiger partial charge in [-0.15, -0.1) is 0 Å². The number of nitrogens with zero attached hydrogens (tertiary/aromatic N) is 5. The first-order chi connectivity index (χ1) is 12.8. The van der Waals surface area contributed by atoms with Crippen LogP contribution < -0.4 is 14.6 Å². The number of amides is 1. The highest BCUT2D eigenvalue weighted by molar-refractivity contribution is 6.31. The van der Waals surface area contributed by atoms with Crippen LogP contribution in [-0.4, -0.2) is 42.8 Å². The van der Waals surface area contributed by atoms with Gasteiger partial charge in [0.2, 0.25) is 5.88 Å². The van der Waals surface area contributed by atoms with E-state index < -0.39 is 0 Å². The lowest BCUT2D eigenvalue weighted by Gasteiger charge is -2.13. The van der Waals surface area contributed by atoms with Crippen molar-refractivity contribution < 1.29 is 9.53 Å². The van der Waals surface area contributed by atoms with Gasteiger partial charge in [-0.05, 0) is 44.5 Å². The smallest absolute Gasteiger partial charge is 0.283 e. The highest BCUT2D eigenvalue weighted by Gasteiger charge is 2.31. The first-order valence-electron chi connectivity index (χ1n) is 8.60. The number of methoxy groups -OCH3 is 1. The monoisotopic (exact) mass is 365 g/mol. The van der Waals surface area contributed by atoms with Gasteiger partial charge in [-0.3, -0.25) is 4.79 Å². The largest absolute Gasteiger partial charge is 0.481 e. The number of aromatic nitrogens is 2. The molecule has 2 aromatic rings. The molecule has 1 aliphatic heterocycles. The van der Waals surface area contributed by atoms with Crippen molar-refractivity contribution >= 4 is 29.3 Å². The maximum atomic E-state index is 12.9. The number of carbonyl (C=O) groups is 1. The average molecular weight is 365 g/mol. The van der Waals surface area contributed by atoms with E-state index in [2.05, 4.69) is 15.1 Å². The van der Waals surface area contributed by atoms with Crippen LogP contribution >= 0.6 is 0 Å².